The zero-order valence-corrected chi connectivity index (χ0v) is 18.6. The van der Waals surface area contributed by atoms with Crippen molar-refractivity contribution in [3.8, 4) is 11.1 Å². The van der Waals surface area contributed by atoms with Gasteiger partial charge in [0.05, 0.1) is 36.3 Å². The third kappa shape index (κ3) is 3.85. The molecule has 0 unspecified atom stereocenters. The summed E-state index contributed by atoms with van der Waals surface area (Å²) in [5, 5.41) is 21.2. The summed E-state index contributed by atoms with van der Waals surface area (Å²) in [4.78, 5) is 11.4. The Labute approximate surface area is 196 Å². The quantitative estimate of drug-likeness (QED) is 0.361. The molecule has 9 nitrogen and oxygen atoms in total. The van der Waals surface area contributed by atoms with Crippen LogP contribution < -0.4 is 10.2 Å². The molecule has 1 aromatic carbocycles. The van der Waals surface area contributed by atoms with E-state index >= 15 is 0 Å². The van der Waals surface area contributed by atoms with Crippen LogP contribution in [0.15, 0.2) is 61.2 Å². The van der Waals surface area contributed by atoms with E-state index in [4.69, 9.17) is 4.74 Å². The lowest BCUT2D eigenvalue weighted by atomic mass is 10.0. The van der Waals surface area contributed by atoms with Crippen LogP contribution in [-0.2, 0) is 11.2 Å². The number of nitrogens with one attached hydrogen (secondary N) is 2. The molecule has 9 heteroatoms. The van der Waals surface area contributed by atoms with Crippen molar-refractivity contribution < 1.29 is 9.84 Å². The van der Waals surface area contributed by atoms with Crippen LogP contribution in [0, 0.1) is 0 Å². The van der Waals surface area contributed by atoms with Gasteiger partial charge in [-0.2, -0.15) is 5.10 Å². The molecule has 0 amide bonds. The van der Waals surface area contributed by atoms with Gasteiger partial charge in [-0.1, -0.05) is 12.1 Å². The number of fused-ring (bicyclic) bond motifs is 2. The molecule has 4 aromatic heterocycles. The van der Waals surface area contributed by atoms with E-state index in [0.29, 0.717) is 6.42 Å². The van der Waals surface area contributed by atoms with Crippen molar-refractivity contribution in [3.05, 3.63) is 66.9 Å². The summed E-state index contributed by atoms with van der Waals surface area (Å²) < 4.78 is 7.45. The predicted octanol–water partition coefficient (Wildman–Crippen LogP) is 3.39. The van der Waals surface area contributed by atoms with E-state index < -0.39 is 0 Å². The zero-order valence-electron chi connectivity index (χ0n) is 18.6. The smallest absolute Gasteiger partial charge is 0.160 e. The Morgan fingerprint density at radius 1 is 1.06 bits per heavy atom. The molecule has 1 aliphatic heterocycles. The van der Waals surface area contributed by atoms with Gasteiger partial charge in [0, 0.05) is 61.4 Å². The third-order valence-electron chi connectivity index (χ3n) is 6.20. The minimum atomic E-state index is 0.0901. The minimum Gasteiger partial charge on any atom is -0.396 e. The first-order valence-electron chi connectivity index (χ1n) is 11.4. The second-order valence-corrected chi connectivity index (χ2v) is 8.33. The van der Waals surface area contributed by atoms with Crippen LogP contribution in [0.5, 0.6) is 0 Å². The van der Waals surface area contributed by atoms with Crippen LogP contribution in [0.2, 0.25) is 0 Å². The number of hydrogen-bond donors (Lipinski definition) is 3. The van der Waals surface area contributed by atoms with E-state index in [1.807, 2.05) is 22.9 Å². The van der Waals surface area contributed by atoms with Crippen LogP contribution in [0.4, 0.5) is 17.2 Å². The van der Waals surface area contributed by atoms with Gasteiger partial charge in [0.25, 0.3) is 0 Å². The minimum absolute atomic E-state index is 0.0901. The molecular formula is C25H25N7O2. The lowest BCUT2D eigenvalue weighted by Gasteiger charge is -2.28. The number of benzene rings is 1. The average Bonchev–Trinajstić information content (AvgIpc) is 3.52. The van der Waals surface area contributed by atoms with Gasteiger partial charge in [-0.3, -0.25) is 5.10 Å². The molecule has 5 heterocycles. The number of rotatable bonds is 6. The van der Waals surface area contributed by atoms with Gasteiger partial charge in [-0.05, 0) is 29.8 Å². The summed E-state index contributed by atoms with van der Waals surface area (Å²) in [6, 6.07) is 12.4. The molecule has 0 bridgehead atoms. The van der Waals surface area contributed by atoms with Crippen LogP contribution in [-0.4, -0.2) is 62.6 Å². The molecule has 0 radical (unpaired) electrons. The topological polar surface area (TPSA) is 104 Å². The molecule has 1 aliphatic rings. The van der Waals surface area contributed by atoms with Crippen molar-refractivity contribution in [3.63, 3.8) is 0 Å². The first-order valence-corrected chi connectivity index (χ1v) is 11.4. The maximum absolute atomic E-state index is 9.27. The van der Waals surface area contributed by atoms with Gasteiger partial charge in [0.15, 0.2) is 5.65 Å². The monoisotopic (exact) mass is 455 g/mol. The molecule has 1 fully saturated rings. The summed E-state index contributed by atoms with van der Waals surface area (Å²) in [6.45, 7) is 3.35. The van der Waals surface area contributed by atoms with Crippen molar-refractivity contribution >= 4 is 33.7 Å². The number of imidazole rings is 1. The number of aromatic amines is 1. The van der Waals surface area contributed by atoms with Crippen molar-refractivity contribution in [2.75, 3.05) is 43.1 Å². The van der Waals surface area contributed by atoms with Crippen molar-refractivity contribution in [2.24, 2.45) is 0 Å². The number of anilines is 3. The summed E-state index contributed by atoms with van der Waals surface area (Å²) in [5.74, 6) is 0.760. The van der Waals surface area contributed by atoms with Gasteiger partial charge < -0.3 is 24.5 Å². The van der Waals surface area contributed by atoms with Crippen LogP contribution in [0.3, 0.4) is 0 Å². The first-order chi connectivity index (χ1) is 16.8. The number of nitrogens with zero attached hydrogens (tertiary/aromatic N) is 5. The number of aliphatic hydroxyl groups is 1. The normalized spacial score (nSPS) is 14.2. The summed E-state index contributed by atoms with van der Waals surface area (Å²) in [6.07, 6.45) is 8.24. The molecule has 34 heavy (non-hydrogen) atoms. The predicted molar refractivity (Wildman–Crippen MR) is 132 cm³/mol. The highest BCUT2D eigenvalue weighted by Gasteiger charge is 2.13. The molecule has 3 N–H and O–H groups in total. The third-order valence-corrected chi connectivity index (χ3v) is 6.20. The number of ether oxygens (including phenoxy) is 1. The Kier molecular flexibility index (Phi) is 5.32. The van der Waals surface area contributed by atoms with E-state index in [2.05, 4.69) is 66.9 Å². The highest BCUT2D eigenvalue weighted by atomic mass is 16.5. The van der Waals surface area contributed by atoms with Gasteiger partial charge in [0.2, 0.25) is 0 Å². The fourth-order valence-corrected chi connectivity index (χ4v) is 4.44. The molecule has 5 aromatic rings. The summed E-state index contributed by atoms with van der Waals surface area (Å²) in [5.41, 5.74) is 6.70. The fourth-order valence-electron chi connectivity index (χ4n) is 4.44. The molecule has 0 saturated carbocycles. The van der Waals surface area contributed by atoms with E-state index in [1.54, 1.807) is 6.20 Å². The highest BCUT2D eigenvalue weighted by molar-refractivity contribution is 5.87. The molecule has 0 atom stereocenters. The van der Waals surface area contributed by atoms with Crippen LogP contribution in [0.1, 0.15) is 5.69 Å². The van der Waals surface area contributed by atoms with Gasteiger partial charge >= 0.3 is 0 Å². The number of aromatic nitrogens is 5. The Morgan fingerprint density at radius 2 is 1.97 bits per heavy atom. The van der Waals surface area contributed by atoms with Crippen molar-refractivity contribution in [1.29, 1.82) is 0 Å². The molecule has 1 saturated heterocycles. The Balaban J connectivity index is 1.32. The van der Waals surface area contributed by atoms with E-state index in [-0.39, 0.29) is 6.61 Å². The molecule has 6 rings (SSSR count). The van der Waals surface area contributed by atoms with E-state index in [1.165, 1.54) is 0 Å². The highest BCUT2D eigenvalue weighted by Crippen LogP contribution is 2.30. The largest absolute Gasteiger partial charge is 0.396 e. The molecule has 172 valence electrons. The Hall–Kier alpha value is -3.95. The SMILES string of the molecule is OCCc1[nH]nc2cc(-c3cc(Nc4ccc(N5CCOCC5)cn4)c4nccn4c3)ccc12. The van der Waals surface area contributed by atoms with Crippen molar-refractivity contribution in [2.45, 2.75) is 6.42 Å². The lowest BCUT2D eigenvalue weighted by Crippen LogP contribution is -2.36. The molecule has 0 aliphatic carbocycles. The fraction of sp³-hybridized carbons (Fsp3) is 0.240. The maximum Gasteiger partial charge on any atom is 0.160 e. The average molecular weight is 456 g/mol. The summed E-state index contributed by atoms with van der Waals surface area (Å²) >= 11 is 0. The number of hydrogen-bond acceptors (Lipinski definition) is 7. The number of H-pyrrole nitrogens is 1. The number of morpholine rings is 1. The number of aliphatic hydroxyl groups excluding tert-OH is 1. The van der Waals surface area contributed by atoms with Gasteiger partial charge in [-0.25, -0.2) is 9.97 Å². The van der Waals surface area contributed by atoms with Gasteiger partial charge in [-0.15, -0.1) is 0 Å². The second-order valence-electron chi connectivity index (χ2n) is 8.33. The summed E-state index contributed by atoms with van der Waals surface area (Å²) in [7, 11) is 0. The van der Waals surface area contributed by atoms with E-state index in [0.717, 1.165) is 76.9 Å². The lowest BCUT2D eigenvalue weighted by molar-refractivity contribution is 0.122. The van der Waals surface area contributed by atoms with Crippen molar-refractivity contribution in [1.82, 2.24) is 24.6 Å². The second kappa shape index (κ2) is 8.77. The molecular weight excluding hydrogens is 430 g/mol. The van der Waals surface area contributed by atoms with Gasteiger partial charge in [0.1, 0.15) is 5.82 Å². The maximum atomic E-state index is 9.27. The Morgan fingerprint density at radius 3 is 2.79 bits per heavy atom. The van der Waals surface area contributed by atoms with Crippen LogP contribution in [0.25, 0.3) is 27.7 Å². The zero-order chi connectivity index (χ0) is 22.9. The number of pyridine rings is 2. The first kappa shape index (κ1) is 20.6. The Bertz CT molecular complexity index is 1440. The van der Waals surface area contributed by atoms with Crippen LogP contribution >= 0.6 is 0 Å². The standard InChI is InChI=1S/C25H25N7O2/c33-10-5-21-20-3-1-17(13-22(20)30-29-21)18-14-23(25-26-6-7-32(25)16-18)28-24-4-2-19(15-27-24)31-8-11-34-12-9-31/h1-4,6-7,13-16,33H,5,8-12H2,(H,27,28)(H,29,30). The molecule has 0 spiro atoms. The van der Waals surface area contributed by atoms with E-state index in [9.17, 15) is 5.11 Å².